The third-order valence-electron chi connectivity index (χ3n) is 3.67. The molecule has 0 bridgehead atoms. The second-order valence-electron chi connectivity index (χ2n) is 4.98. The molecule has 2 atom stereocenters. The number of thiophene rings is 1. The minimum Gasteiger partial charge on any atom is -0.396 e. The molecule has 1 saturated carbocycles. The lowest BCUT2D eigenvalue weighted by molar-refractivity contribution is 0.0960. The Hall–Kier alpha value is -1.78. The van der Waals surface area contributed by atoms with Crippen molar-refractivity contribution in [1.29, 1.82) is 5.26 Å². The van der Waals surface area contributed by atoms with E-state index in [1.165, 1.54) is 11.3 Å². The standard InChI is InChI=1S/C14H20N4O2S/c1-3-17-13(19)12-11(16)8(7-15)14(21-12)18-9-5-4-6-10(9)20-2/h9-10,18H,3-6,16H2,1-2H3,(H,17,19). The van der Waals surface area contributed by atoms with Crippen LogP contribution in [0.1, 0.15) is 41.4 Å². The van der Waals surface area contributed by atoms with Crippen LogP contribution in [-0.2, 0) is 4.74 Å². The van der Waals surface area contributed by atoms with Crippen molar-refractivity contribution in [3.63, 3.8) is 0 Å². The number of nitrogens with zero attached hydrogens (tertiary/aromatic N) is 1. The Kier molecular flexibility index (Phi) is 5.04. The highest BCUT2D eigenvalue weighted by atomic mass is 32.1. The normalized spacial score (nSPS) is 21.0. The first-order chi connectivity index (χ1) is 10.1. The van der Waals surface area contributed by atoms with Crippen LogP contribution in [0.4, 0.5) is 10.7 Å². The first-order valence-corrected chi connectivity index (χ1v) is 7.83. The van der Waals surface area contributed by atoms with Crippen LogP contribution in [0.15, 0.2) is 0 Å². The molecule has 1 fully saturated rings. The summed E-state index contributed by atoms with van der Waals surface area (Å²) in [5.74, 6) is -0.237. The fourth-order valence-corrected chi connectivity index (χ4v) is 3.66. The minimum atomic E-state index is -0.237. The van der Waals surface area contributed by atoms with E-state index in [9.17, 15) is 10.1 Å². The largest absolute Gasteiger partial charge is 0.396 e. The third-order valence-corrected chi connectivity index (χ3v) is 4.81. The maximum atomic E-state index is 12.0. The van der Waals surface area contributed by atoms with E-state index in [4.69, 9.17) is 10.5 Å². The van der Waals surface area contributed by atoms with Crippen LogP contribution < -0.4 is 16.4 Å². The number of anilines is 2. The molecule has 1 aliphatic carbocycles. The molecule has 1 heterocycles. The van der Waals surface area contributed by atoms with Crippen LogP contribution in [0.5, 0.6) is 0 Å². The number of nitriles is 1. The molecule has 6 nitrogen and oxygen atoms in total. The summed E-state index contributed by atoms with van der Waals surface area (Å²) in [4.78, 5) is 12.4. The zero-order valence-electron chi connectivity index (χ0n) is 12.2. The first kappa shape index (κ1) is 15.6. The molecule has 0 spiro atoms. The number of rotatable bonds is 5. The Morgan fingerprint density at radius 2 is 2.33 bits per heavy atom. The van der Waals surface area contributed by atoms with E-state index in [-0.39, 0.29) is 23.7 Å². The summed E-state index contributed by atoms with van der Waals surface area (Å²) in [6.45, 7) is 2.36. The van der Waals surface area contributed by atoms with Gasteiger partial charge in [0.2, 0.25) is 0 Å². The minimum absolute atomic E-state index is 0.132. The number of methoxy groups -OCH3 is 1. The molecule has 1 aliphatic rings. The van der Waals surface area contributed by atoms with Gasteiger partial charge in [0.05, 0.1) is 17.8 Å². The first-order valence-electron chi connectivity index (χ1n) is 7.02. The predicted octanol–water partition coefficient (Wildman–Crippen LogP) is 1.93. The van der Waals surface area contributed by atoms with E-state index in [0.717, 1.165) is 19.3 Å². The molecule has 114 valence electrons. The number of carbonyl (C=O) groups excluding carboxylic acids is 1. The van der Waals surface area contributed by atoms with E-state index in [0.29, 0.717) is 22.0 Å². The van der Waals surface area contributed by atoms with Crippen LogP contribution in [0.2, 0.25) is 0 Å². The number of nitrogens with two attached hydrogens (primary N) is 1. The zero-order chi connectivity index (χ0) is 15.4. The summed E-state index contributed by atoms with van der Waals surface area (Å²) in [5.41, 5.74) is 6.55. The molecular weight excluding hydrogens is 288 g/mol. The van der Waals surface area contributed by atoms with Crippen molar-refractivity contribution in [2.45, 2.75) is 38.3 Å². The summed E-state index contributed by atoms with van der Waals surface area (Å²) in [6.07, 6.45) is 3.20. The Balaban J connectivity index is 2.25. The SMILES string of the molecule is CCNC(=O)c1sc(NC2CCCC2OC)c(C#N)c1N. The second kappa shape index (κ2) is 6.78. The lowest BCUT2D eigenvalue weighted by Gasteiger charge is -2.19. The Morgan fingerprint density at radius 3 is 2.95 bits per heavy atom. The van der Waals surface area contributed by atoms with Gasteiger partial charge in [-0.3, -0.25) is 4.79 Å². The number of nitrogen functional groups attached to an aromatic ring is 1. The maximum Gasteiger partial charge on any atom is 0.263 e. The predicted molar refractivity (Wildman–Crippen MR) is 83.5 cm³/mol. The topological polar surface area (TPSA) is 100 Å². The zero-order valence-corrected chi connectivity index (χ0v) is 13.0. The van der Waals surface area contributed by atoms with Crippen molar-refractivity contribution in [2.24, 2.45) is 0 Å². The van der Waals surface area contributed by atoms with Crippen LogP contribution in [-0.4, -0.2) is 31.7 Å². The summed E-state index contributed by atoms with van der Waals surface area (Å²) in [7, 11) is 1.69. The monoisotopic (exact) mass is 308 g/mol. The van der Waals surface area contributed by atoms with Gasteiger partial charge in [-0.15, -0.1) is 11.3 Å². The smallest absolute Gasteiger partial charge is 0.263 e. The molecule has 2 rings (SSSR count). The number of amides is 1. The number of ether oxygens (including phenoxy) is 1. The van der Waals surface area contributed by atoms with Crippen molar-refractivity contribution >= 4 is 27.9 Å². The summed E-state index contributed by atoms with van der Waals surface area (Å²) >= 11 is 1.23. The van der Waals surface area contributed by atoms with Gasteiger partial charge < -0.3 is 21.1 Å². The lowest BCUT2D eigenvalue weighted by Crippen LogP contribution is -2.29. The molecular formula is C14H20N4O2S. The number of hydrogen-bond donors (Lipinski definition) is 3. The highest BCUT2D eigenvalue weighted by Crippen LogP contribution is 2.37. The molecule has 0 aliphatic heterocycles. The van der Waals surface area contributed by atoms with Gasteiger partial charge in [-0.2, -0.15) is 5.26 Å². The molecule has 0 saturated heterocycles. The summed E-state index contributed by atoms with van der Waals surface area (Å²) in [6, 6.07) is 2.24. The number of carbonyl (C=O) groups is 1. The van der Waals surface area contributed by atoms with Gasteiger partial charge in [-0.25, -0.2) is 0 Å². The van der Waals surface area contributed by atoms with Gasteiger partial charge in [0.25, 0.3) is 5.91 Å². The highest BCUT2D eigenvalue weighted by Gasteiger charge is 2.29. The Morgan fingerprint density at radius 1 is 1.57 bits per heavy atom. The van der Waals surface area contributed by atoms with E-state index < -0.39 is 0 Å². The quantitative estimate of drug-likeness (QED) is 0.771. The third kappa shape index (κ3) is 3.12. The summed E-state index contributed by atoms with van der Waals surface area (Å²) in [5, 5.41) is 16.0. The van der Waals surface area contributed by atoms with Crippen molar-refractivity contribution in [3.8, 4) is 6.07 Å². The summed E-state index contributed by atoms with van der Waals surface area (Å²) < 4.78 is 5.44. The van der Waals surface area contributed by atoms with Crippen molar-refractivity contribution in [1.82, 2.24) is 5.32 Å². The maximum absolute atomic E-state index is 12.0. The van der Waals surface area contributed by atoms with Crippen molar-refractivity contribution < 1.29 is 9.53 Å². The van der Waals surface area contributed by atoms with Crippen LogP contribution in [0, 0.1) is 11.3 Å². The number of nitrogens with one attached hydrogen (secondary N) is 2. The van der Waals surface area contributed by atoms with Gasteiger partial charge in [0.15, 0.2) is 0 Å². The van der Waals surface area contributed by atoms with Gasteiger partial charge >= 0.3 is 0 Å². The van der Waals surface area contributed by atoms with Gasteiger partial charge in [-0.05, 0) is 26.2 Å². The fourth-order valence-electron chi connectivity index (χ4n) is 2.61. The molecule has 0 radical (unpaired) electrons. The molecule has 0 aromatic carbocycles. The van der Waals surface area contributed by atoms with E-state index in [1.54, 1.807) is 7.11 Å². The van der Waals surface area contributed by atoms with Crippen LogP contribution in [0.25, 0.3) is 0 Å². The second-order valence-corrected chi connectivity index (χ2v) is 6.00. The average molecular weight is 308 g/mol. The molecule has 7 heteroatoms. The molecule has 1 aromatic heterocycles. The van der Waals surface area contributed by atoms with E-state index >= 15 is 0 Å². The molecule has 2 unspecified atom stereocenters. The van der Waals surface area contributed by atoms with E-state index in [2.05, 4.69) is 16.7 Å². The van der Waals surface area contributed by atoms with Crippen molar-refractivity contribution in [3.05, 3.63) is 10.4 Å². The molecule has 21 heavy (non-hydrogen) atoms. The van der Waals surface area contributed by atoms with Gasteiger partial charge in [-0.1, -0.05) is 0 Å². The molecule has 4 N–H and O–H groups in total. The van der Waals surface area contributed by atoms with Gasteiger partial charge in [0, 0.05) is 13.7 Å². The van der Waals surface area contributed by atoms with Crippen LogP contribution in [0.3, 0.4) is 0 Å². The Bertz CT molecular complexity index is 564. The lowest BCUT2D eigenvalue weighted by atomic mass is 10.2. The Labute approximate surface area is 128 Å². The molecule has 1 aromatic rings. The highest BCUT2D eigenvalue weighted by molar-refractivity contribution is 7.19. The molecule has 1 amide bonds. The fraction of sp³-hybridized carbons (Fsp3) is 0.571. The number of hydrogen-bond acceptors (Lipinski definition) is 6. The average Bonchev–Trinajstić information content (AvgIpc) is 3.04. The van der Waals surface area contributed by atoms with Gasteiger partial charge in [0.1, 0.15) is 21.5 Å². The van der Waals surface area contributed by atoms with Crippen LogP contribution >= 0.6 is 11.3 Å². The van der Waals surface area contributed by atoms with E-state index in [1.807, 2.05) is 6.92 Å². The van der Waals surface area contributed by atoms with Crippen molar-refractivity contribution in [2.75, 3.05) is 24.7 Å².